The Morgan fingerprint density at radius 2 is 1.86 bits per heavy atom. The second-order valence-electron chi connectivity index (χ2n) is 8.24. The number of carbonyl (C=O) groups is 2. The van der Waals surface area contributed by atoms with Crippen LogP contribution in [0.2, 0.25) is 0 Å². The second-order valence-corrected chi connectivity index (χ2v) is 8.24. The Labute approximate surface area is 168 Å². The number of rotatable bonds is 4. The summed E-state index contributed by atoms with van der Waals surface area (Å²) >= 11 is 0. The number of hydrogen-bond donors (Lipinski definition) is 1. The second kappa shape index (κ2) is 9.41. The van der Waals surface area contributed by atoms with E-state index >= 15 is 0 Å². The summed E-state index contributed by atoms with van der Waals surface area (Å²) in [5.74, 6) is 0.416. The molecule has 28 heavy (non-hydrogen) atoms. The van der Waals surface area contributed by atoms with Crippen molar-refractivity contribution in [2.24, 2.45) is 0 Å². The van der Waals surface area contributed by atoms with E-state index in [1.54, 1.807) is 0 Å². The van der Waals surface area contributed by atoms with Gasteiger partial charge in [0.05, 0.1) is 0 Å². The summed E-state index contributed by atoms with van der Waals surface area (Å²) in [4.78, 5) is 31.6. The van der Waals surface area contributed by atoms with Crippen molar-refractivity contribution in [3.05, 3.63) is 35.4 Å². The van der Waals surface area contributed by atoms with Crippen LogP contribution in [-0.4, -0.2) is 78.5 Å². The van der Waals surface area contributed by atoms with Crippen LogP contribution in [0.1, 0.15) is 55.5 Å². The molecule has 2 aliphatic heterocycles. The van der Waals surface area contributed by atoms with Crippen molar-refractivity contribution in [3.8, 4) is 0 Å². The molecule has 3 rings (SSSR count). The number of benzene rings is 1. The van der Waals surface area contributed by atoms with Crippen molar-refractivity contribution in [3.63, 3.8) is 0 Å². The molecule has 154 valence electrons. The van der Waals surface area contributed by atoms with Gasteiger partial charge in [-0.15, -0.1) is 0 Å². The Morgan fingerprint density at radius 1 is 1.11 bits per heavy atom. The number of piperidine rings is 1. The largest absolute Gasteiger partial charge is 0.336 e. The van der Waals surface area contributed by atoms with E-state index in [-0.39, 0.29) is 23.9 Å². The number of nitrogens with one attached hydrogen (secondary N) is 1. The minimum atomic E-state index is 0.0146. The highest BCUT2D eigenvalue weighted by molar-refractivity contribution is 5.94. The number of likely N-dealkylation sites (N-methyl/N-ethyl adjacent to an activating group) is 1. The first kappa shape index (κ1) is 20.6. The van der Waals surface area contributed by atoms with Gasteiger partial charge in [0.2, 0.25) is 0 Å². The quantitative estimate of drug-likeness (QED) is 0.866. The number of likely N-dealkylation sites (tertiary alicyclic amines) is 1. The number of hydrogen-bond acceptors (Lipinski definition) is 3. The summed E-state index contributed by atoms with van der Waals surface area (Å²) in [7, 11) is 0. The Hall–Kier alpha value is -2.08. The third kappa shape index (κ3) is 5.04. The predicted molar refractivity (Wildman–Crippen MR) is 112 cm³/mol. The van der Waals surface area contributed by atoms with Gasteiger partial charge in [0, 0.05) is 56.8 Å². The van der Waals surface area contributed by atoms with Gasteiger partial charge in [0.15, 0.2) is 0 Å². The maximum atomic E-state index is 13.0. The number of carbonyl (C=O) groups excluding carboxylic acids is 2. The lowest BCUT2D eigenvalue weighted by atomic mass is 9.89. The van der Waals surface area contributed by atoms with E-state index < -0.39 is 0 Å². The predicted octanol–water partition coefficient (Wildman–Crippen LogP) is 2.76. The first-order valence-electron chi connectivity index (χ1n) is 10.6. The van der Waals surface area contributed by atoms with Gasteiger partial charge in [-0.05, 0) is 50.9 Å². The first-order valence-corrected chi connectivity index (χ1v) is 10.6. The lowest BCUT2D eigenvalue weighted by molar-refractivity contribution is 0.0643. The van der Waals surface area contributed by atoms with Crippen LogP contribution in [-0.2, 0) is 0 Å². The molecule has 0 unspecified atom stereocenters. The minimum absolute atomic E-state index is 0.0146. The van der Waals surface area contributed by atoms with Crippen molar-refractivity contribution in [2.75, 3.05) is 45.8 Å². The standard InChI is InChI=1S/C22H34N4O2/c1-4-24-11-13-25(14-12-24)21(27)19-8-5-7-18(15-19)20-9-6-10-26(16-20)22(28)23-17(2)3/h5,7-8,15,17,20H,4,6,9-14,16H2,1-3H3,(H,23,28)/t20-/m0/s1. The van der Waals surface area contributed by atoms with Crippen molar-refractivity contribution >= 4 is 11.9 Å². The van der Waals surface area contributed by atoms with Gasteiger partial charge in [0.25, 0.3) is 5.91 Å². The van der Waals surface area contributed by atoms with E-state index in [2.05, 4.69) is 23.2 Å². The molecule has 0 spiro atoms. The average Bonchev–Trinajstić information content (AvgIpc) is 2.73. The monoisotopic (exact) mass is 386 g/mol. The molecule has 0 bridgehead atoms. The van der Waals surface area contributed by atoms with Crippen LogP contribution in [0.5, 0.6) is 0 Å². The molecule has 0 radical (unpaired) electrons. The maximum Gasteiger partial charge on any atom is 0.317 e. The van der Waals surface area contributed by atoms with Gasteiger partial charge in [-0.3, -0.25) is 4.79 Å². The van der Waals surface area contributed by atoms with Crippen LogP contribution in [0.4, 0.5) is 4.79 Å². The van der Waals surface area contributed by atoms with Gasteiger partial charge in [-0.1, -0.05) is 19.1 Å². The Bertz CT molecular complexity index is 683. The van der Waals surface area contributed by atoms with Crippen molar-refractivity contribution in [2.45, 2.75) is 45.6 Å². The van der Waals surface area contributed by atoms with Crippen molar-refractivity contribution in [1.82, 2.24) is 20.0 Å². The smallest absolute Gasteiger partial charge is 0.317 e. The van der Waals surface area contributed by atoms with Gasteiger partial charge in [-0.2, -0.15) is 0 Å². The zero-order valence-corrected chi connectivity index (χ0v) is 17.5. The van der Waals surface area contributed by atoms with Gasteiger partial charge >= 0.3 is 6.03 Å². The highest BCUT2D eigenvalue weighted by atomic mass is 16.2. The third-order valence-electron chi connectivity index (χ3n) is 5.83. The highest BCUT2D eigenvalue weighted by Crippen LogP contribution is 2.28. The number of urea groups is 1. The van der Waals surface area contributed by atoms with Crippen LogP contribution < -0.4 is 5.32 Å². The summed E-state index contributed by atoms with van der Waals surface area (Å²) in [6.07, 6.45) is 2.05. The summed E-state index contributed by atoms with van der Waals surface area (Å²) in [6, 6.07) is 8.20. The van der Waals surface area contributed by atoms with E-state index in [1.807, 2.05) is 41.8 Å². The van der Waals surface area contributed by atoms with Crippen LogP contribution in [0, 0.1) is 0 Å². The topological polar surface area (TPSA) is 55.9 Å². The SMILES string of the molecule is CCN1CCN(C(=O)c2cccc([C@H]3CCCN(C(=O)NC(C)C)C3)c2)CC1. The molecule has 0 aromatic heterocycles. The van der Waals surface area contributed by atoms with Gasteiger partial charge in [0.1, 0.15) is 0 Å². The average molecular weight is 387 g/mol. The molecule has 0 saturated carbocycles. The maximum absolute atomic E-state index is 13.0. The highest BCUT2D eigenvalue weighted by Gasteiger charge is 2.26. The summed E-state index contributed by atoms with van der Waals surface area (Å²) < 4.78 is 0. The van der Waals surface area contributed by atoms with Gasteiger partial charge < -0.3 is 20.0 Å². The Morgan fingerprint density at radius 3 is 2.54 bits per heavy atom. The van der Waals surface area contributed by atoms with E-state index in [0.717, 1.165) is 57.7 Å². The van der Waals surface area contributed by atoms with E-state index in [4.69, 9.17) is 0 Å². The van der Waals surface area contributed by atoms with Crippen LogP contribution in [0.15, 0.2) is 24.3 Å². The molecule has 1 atom stereocenters. The molecule has 2 fully saturated rings. The molecule has 0 aliphatic carbocycles. The fourth-order valence-electron chi connectivity index (χ4n) is 4.15. The molecule has 1 aromatic carbocycles. The van der Waals surface area contributed by atoms with E-state index in [9.17, 15) is 9.59 Å². The fraction of sp³-hybridized carbons (Fsp3) is 0.636. The molecule has 2 aliphatic rings. The summed E-state index contributed by atoms with van der Waals surface area (Å²) in [5.41, 5.74) is 1.94. The van der Waals surface area contributed by atoms with Crippen LogP contribution >= 0.6 is 0 Å². The molecule has 2 heterocycles. The zero-order chi connectivity index (χ0) is 20.1. The molecule has 6 nitrogen and oxygen atoms in total. The van der Waals surface area contributed by atoms with Gasteiger partial charge in [-0.25, -0.2) is 4.79 Å². The third-order valence-corrected chi connectivity index (χ3v) is 5.83. The lowest BCUT2D eigenvalue weighted by Gasteiger charge is -2.35. The molecular weight excluding hydrogens is 352 g/mol. The molecule has 1 N–H and O–H groups in total. The van der Waals surface area contributed by atoms with E-state index in [1.165, 1.54) is 5.56 Å². The fourth-order valence-corrected chi connectivity index (χ4v) is 4.15. The summed E-state index contributed by atoms with van der Waals surface area (Å²) in [5, 5.41) is 2.99. The molecule has 1 aromatic rings. The number of nitrogens with zero attached hydrogens (tertiary/aromatic N) is 3. The normalized spacial score (nSPS) is 21.1. The minimum Gasteiger partial charge on any atom is -0.336 e. The van der Waals surface area contributed by atoms with Crippen LogP contribution in [0.3, 0.4) is 0 Å². The molecule has 6 heteroatoms. The molecular formula is C22H34N4O2. The Balaban J connectivity index is 1.65. The van der Waals surface area contributed by atoms with Crippen molar-refractivity contribution in [1.29, 1.82) is 0 Å². The Kier molecular flexibility index (Phi) is 6.94. The lowest BCUT2D eigenvalue weighted by Crippen LogP contribution is -2.48. The molecule has 3 amide bonds. The first-order chi connectivity index (χ1) is 13.5. The molecule has 2 saturated heterocycles. The number of amides is 3. The van der Waals surface area contributed by atoms with E-state index in [0.29, 0.717) is 6.54 Å². The van der Waals surface area contributed by atoms with Crippen molar-refractivity contribution < 1.29 is 9.59 Å². The zero-order valence-electron chi connectivity index (χ0n) is 17.5. The number of piperazine rings is 1. The summed E-state index contributed by atoms with van der Waals surface area (Å²) in [6.45, 7) is 12.2. The van der Waals surface area contributed by atoms with Crippen LogP contribution in [0.25, 0.3) is 0 Å².